The van der Waals surface area contributed by atoms with Gasteiger partial charge in [0.25, 0.3) is 0 Å². The Bertz CT molecular complexity index is 516. The highest BCUT2D eigenvalue weighted by Gasteiger charge is 2.09. The molecule has 94 valence electrons. The second-order valence-electron chi connectivity index (χ2n) is 3.03. The number of benzene rings is 1. The predicted octanol–water partition coefficient (Wildman–Crippen LogP) is 3.48. The highest BCUT2D eigenvalue weighted by molar-refractivity contribution is 5.46. The molecule has 0 aromatic heterocycles. The number of alkyl halides is 2. The lowest BCUT2D eigenvalue weighted by molar-refractivity contribution is -0.0501. The Balaban J connectivity index is 2.83. The topological polar surface area (TPSA) is 58.0 Å². The molecular formula is C11H8F3N3O. The first-order valence-electron chi connectivity index (χ1n) is 4.87. The van der Waals surface area contributed by atoms with Crippen molar-refractivity contribution in [1.29, 1.82) is 0 Å². The molecule has 0 atom stereocenters. The van der Waals surface area contributed by atoms with Gasteiger partial charge in [0, 0.05) is 23.9 Å². The summed E-state index contributed by atoms with van der Waals surface area (Å²) in [6.45, 7) is -2.87. The van der Waals surface area contributed by atoms with E-state index in [-0.39, 0.29) is 24.3 Å². The lowest BCUT2D eigenvalue weighted by Gasteiger charge is -2.06. The predicted molar refractivity (Wildman–Crippen MR) is 58.5 cm³/mol. The normalized spacial score (nSPS) is 9.33. The second-order valence-corrected chi connectivity index (χ2v) is 3.03. The van der Waals surface area contributed by atoms with Gasteiger partial charge < -0.3 is 4.74 Å². The van der Waals surface area contributed by atoms with Crippen LogP contribution in [0.3, 0.4) is 0 Å². The summed E-state index contributed by atoms with van der Waals surface area (Å²) in [5, 5.41) is 3.25. The molecule has 0 heterocycles. The van der Waals surface area contributed by atoms with E-state index < -0.39 is 12.4 Å². The van der Waals surface area contributed by atoms with Crippen LogP contribution < -0.4 is 4.74 Å². The van der Waals surface area contributed by atoms with Crippen molar-refractivity contribution in [2.24, 2.45) is 5.11 Å². The van der Waals surface area contributed by atoms with Gasteiger partial charge in [-0.2, -0.15) is 8.78 Å². The van der Waals surface area contributed by atoms with Crippen LogP contribution in [-0.2, 0) is 0 Å². The zero-order valence-electron chi connectivity index (χ0n) is 9.11. The van der Waals surface area contributed by atoms with Gasteiger partial charge in [-0.1, -0.05) is 17.0 Å². The number of hydrogen-bond donors (Lipinski definition) is 0. The molecule has 1 aromatic carbocycles. The summed E-state index contributed by atoms with van der Waals surface area (Å²) in [5.41, 5.74) is 8.17. The zero-order valence-corrected chi connectivity index (χ0v) is 9.11. The van der Waals surface area contributed by atoms with Crippen molar-refractivity contribution in [3.63, 3.8) is 0 Å². The third-order valence-corrected chi connectivity index (χ3v) is 1.78. The molecular weight excluding hydrogens is 247 g/mol. The maximum Gasteiger partial charge on any atom is 0.387 e. The molecule has 0 saturated heterocycles. The first-order valence-corrected chi connectivity index (χ1v) is 4.87. The summed E-state index contributed by atoms with van der Waals surface area (Å²) in [6.07, 6.45) is 0.273. The number of halogens is 3. The van der Waals surface area contributed by atoms with E-state index in [1.54, 1.807) is 0 Å². The minimum atomic E-state index is -3.05. The Hall–Kier alpha value is -2.32. The number of nitrogens with zero attached hydrogens (tertiary/aromatic N) is 3. The molecule has 0 saturated carbocycles. The molecule has 7 heteroatoms. The van der Waals surface area contributed by atoms with Gasteiger partial charge in [0.2, 0.25) is 0 Å². The van der Waals surface area contributed by atoms with E-state index in [4.69, 9.17) is 5.53 Å². The molecule has 18 heavy (non-hydrogen) atoms. The Kier molecular flexibility index (Phi) is 5.42. The Morgan fingerprint density at radius 2 is 2.22 bits per heavy atom. The largest absolute Gasteiger partial charge is 0.433 e. The molecule has 0 aliphatic carbocycles. The number of azide groups is 1. The molecule has 0 amide bonds. The van der Waals surface area contributed by atoms with Gasteiger partial charge in [-0.15, -0.1) is 0 Å². The summed E-state index contributed by atoms with van der Waals surface area (Å²) < 4.78 is 41.2. The van der Waals surface area contributed by atoms with Crippen LogP contribution in [-0.4, -0.2) is 13.2 Å². The molecule has 0 radical (unpaired) electrons. The summed E-state index contributed by atoms with van der Waals surface area (Å²) in [6, 6.07) is 3.17. The first kappa shape index (κ1) is 13.7. The average Bonchev–Trinajstić information content (AvgIpc) is 2.30. The van der Waals surface area contributed by atoms with Crippen molar-refractivity contribution < 1.29 is 17.9 Å². The molecule has 0 aliphatic rings. The Labute approximate surface area is 101 Å². The van der Waals surface area contributed by atoms with Crippen LogP contribution in [0.5, 0.6) is 5.75 Å². The van der Waals surface area contributed by atoms with Gasteiger partial charge in [0.15, 0.2) is 0 Å². The lowest BCUT2D eigenvalue weighted by Crippen LogP contribution is -2.03. The fourth-order valence-electron chi connectivity index (χ4n) is 1.10. The Morgan fingerprint density at radius 1 is 1.44 bits per heavy atom. The molecule has 0 N–H and O–H groups in total. The van der Waals surface area contributed by atoms with Crippen molar-refractivity contribution in [2.75, 3.05) is 6.54 Å². The number of rotatable bonds is 4. The molecule has 0 fully saturated rings. The van der Waals surface area contributed by atoms with E-state index in [9.17, 15) is 13.2 Å². The fraction of sp³-hybridized carbons (Fsp3) is 0.273. The van der Waals surface area contributed by atoms with Gasteiger partial charge in [0.05, 0.1) is 5.56 Å². The van der Waals surface area contributed by atoms with Gasteiger partial charge >= 0.3 is 6.61 Å². The second kappa shape index (κ2) is 7.09. The van der Waals surface area contributed by atoms with E-state index in [2.05, 4.69) is 26.6 Å². The van der Waals surface area contributed by atoms with E-state index in [1.807, 2.05) is 0 Å². The highest BCUT2D eigenvalue weighted by atomic mass is 19.3. The zero-order chi connectivity index (χ0) is 13.4. The number of hydrogen-bond acceptors (Lipinski definition) is 2. The first-order chi connectivity index (χ1) is 8.63. The maximum absolute atomic E-state index is 12.9. The smallest absolute Gasteiger partial charge is 0.387 e. The van der Waals surface area contributed by atoms with Crippen molar-refractivity contribution >= 4 is 0 Å². The van der Waals surface area contributed by atoms with Crippen LogP contribution in [0.1, 0.15) is 12.0 Å². The van der Waals surface area contributed by atoms with E-state index in [1.165, 1.54) is 6.07 Å². The third-order valence-electron chi connectivity index (χ3n) is 1.78. The van der Waals surface area contributed by atoms with Crippen molar-refractivity contribution in [3.8, 4) is 17.6 Å². The molecule has 0 aliphatic heterocycles. The number of ether oxygens (including phenoxy) is 1. The Morgan fingerprint density at radius 3 is 2.89 bits per heavy atom. The molecule has 1 aromatic rings. The molecule has 0 unspecified atom stereocenters. The molecule has 0 bridgehead atoms. The van der Waals surface area contributed by atoms with E-state index in [0.717, 1.165) is 12.1 Å². The molecule has 1 rings (SSSR count). The molecule has 0 spiro atoms. The summed E-state index contributed by atoms with van der Waals surface area (Å²) in [4.78, 5) is 2.53. The van der Waals surface area contributed by atoms with E-state index >= 15 is 0 Å². The van der Waals surface area contributed by atoms with Crippen LogP contribution in [0.15, 0.2) is 23.3 Å². The van der Waals surface area contributed by atoms with Crippen molar-refractivity contribution in [2.45, 2.75) is 13.0 Å². The van der Waals surface area contributed by atoms with Crippen LogP contribution >= 0.6 is 0 Å². The minimum absolute atomic E-state index is 0.151. The van der Waals surface area contributed by atoms with Crippen molar-refractivity contribution in [1.82, 2.24) is 0 Å². The maximum atomic E-state index is 12.9. The third kappa shape index (κ3) is 4.68. The van der Waals surface area contributed by atoms with Crippen LogP contribution in [0.4, 0.5) is 13.2 Å². The van der Waals surface area contributed by atoms with Gasteiger partial charge in [0.1, 0.15) is 11.6 Å². The highest BCUT2D eigenvalue weighted by Crippen LogP contribution is 2.21. The summed E-state index contributed by atoms with van der Waals surface area (Å²) in [7, 11) is 0. The monoisotopic (exact) mass is 255 g/mol. The summed E-state index contributed by atoms with van der Waals surface area (Å²) >= 11 is 0. The average molecular weight is 255 g/mol. The lowest BCUT2D eigenvalue weighted by atomic mass is 10.2. The SMILES string of the molecule is [N-]=[N+]=NCCC#Cc1ccc(F)cc1OC(F)F. The minimum Gasteiger partial charge on any atom is -0.433 e. The van der Waals surface area contributed by atoms with Gasteiger partial charge in [-0.25, -0.2) is 4.39 Å². The molecule has 4 nitrogen and oxygen atoms in total. The van der Waals surface area contributed by atoms with Crippen LogP contribution in [0, 0.1) is 17.7 Å². The van der Waals surface area contributed by atoms with Crippen LogP contribution in [0.2, 0.25) is 0 Å². The van der Waals surface area contributed by atoms with Gasteiger partial charge in [-0.05, 0) is 17.7 Å². The standard InChI is InChI=1S/C11H8F3N3O/c12-9-5-4-8(3-1-2-6-16-17-15)10(7-9)18-11(13)14/h4-5,7,11H,2,6H2. The fourth-order valence-corrected chi connectivity index (χ4v) is 1.10. The summed E-state index contributed by atoms with van der Waals surface area (Å²) in [5.74, 6) is 4.15. The van der Waals surface area contributed by atoms with Crippen molar-refractivity contribution in [3.05, 3.63) is 40.0 Å². The van der Waals surface area contributed by atoms with E-state index in [0.29, 0.717) is 0 Å². The van der Waals surface area contributed by atoms with Gasteiger partial charge in [-0.3, -0.25) is 0 Å². The quantitative estimate of drug-likeness (QED) is 0.267. The van der Waals surface area contributed by atoms with Crippen LogP contribution in [0.25, 0.3) is 10.4 Å².